The minimum absolute atomic E-state index is 0. The Bertz CT molecular complexity index is 588. The summed E-state index contributed by atoms with van der Waals surface area (Å²) in [7, 11) is 1.87. The van der Waals surface area contributed by atoms with Crippen molar-refractivity contribution in [1.29, 1.82) is 0 Å². The Balaban J connectivity index is 0.00000261. The molecule has 0 saturated carbocycles. The van der Waals surface area contributed by atoms with E-state index < -0.39 is 0 Å². The van der Waals surface area contributed by atoms with Crippen molar-refractivity contribution in [3.8, 4) is 5.75 Å². The maximum absolute atomic E-state index is 5.70. The molecule has 0 aliphatic carbocycles. The van der Waals surface area contributed by atoms with Crippen LogP contribution in [0.4, 0.5) is 0 Å². The molecule has 2 saturated heterocycles. The highest BCUT2D eigenvalue weighted by atomic mass is 127. The average Bonchev–Trinajstić information content (AvgIpc) is 3.14. The van der Waals surface area contributed by atoms with Crippen molar-refractivity contribution >= 4 is 29.9 Å². The van der Waals surface area contributed by atoms with Crippen molar-refractivity contribution in [2.24, 2.45) is 4.99 Å². The van der Waals surface area contributed by atoms with E-state index >= 15 is 0 Å². The number of nitrogens with zero attached hydrogens (tertiary/aromatic N) is 3. The molecule has 2 aliphatic heterocycles. The second-order valence-electron chi connectivity index (χ2n) is 7.25. The lowest BCUT2D eigenvalue weighted by atomic mass is 10.2. The fourth-order valence-corrected chi connectivity index (χ4v) is 3.65. The standard InChI is InChI=1S/C20H32N4O2.HI/c1-16(2)26-19-6-4-17(5-7-19)14-22-20(21-3)24-9-8-18(15-24)23-10-12-25-13-11-23;/h4-7,16,18H,8-15H2,1-3H3,(H,21,22);1H. The van der Waals surface area contributed by atoms with Gasteiger partial charge in [-0.3, -0.25) is 9.89 Å². The molecule has 1 N–H and O–H groups in total. The summed E-state index contributed by atoms with van der Waals surface area (Å²) in [5, 5.41) is 3.50. The van der Waals surface area contributed by atoms with Gasteiger partial charge in [-0.2, -0.15) is 0 Å². The Morgan fingerprint density at radius 1 is 1.22 bits per heavy atom. The molecule has 0 aromatic heterocycles. The molecule has 3 rings (SSSR count). The van der Waals surface area contributed by atoms with E-state index in [0.29, 0.717) is 6.04 Å². The van der Waals surface area contributed by atoms with Crippen LogP contribution in [0.15, 0.2) is 29.3 Å². The third-order valence-electron chi connectivity index (χ3n) is 4.98. The summed E-state index contributed by atoms with van der Waals surface area (Å²) in [5.41, 5.74) is 1.23. The van der Waals surface area contributed by atoms with Crippen LogP contribution in [0, 0.1) is 0 Å². The van der Waals surface area contributed by atoms with Crippen molar-refractivity contribution in [3.05, 3.63) is 29.8 Å². The molecule has 1 atom stereocenters. The first-order valence-electron chi connectivity index (χ1n) is 9.68. The molecule has 6 nitrogen and oxygen atoms in total. The fourth-order valence-electron chi connectivity index (χ4n) is 3.65. The minimum Gasteiger partial charge on any atom is -0.491 e. The highest BCUT2D eigenvalue weighted by molar-refractivity contribution is 14.0. The summed E-state index contributed by atoms with van der Waals surface area (Å²) >= 11 is 0. The average molecular weight is 488 g/mol. The molecular weight excluding hydrogens is 455 g/mol. The molecule has 1 unspecified atom stereocenters. The van der Waals surface area contributed by atoms with Gasteiger partial charge in [0, 0.05) is 45.8 Å². The molecule has 0 amide bonds. The summed E-state index contributed by atoms with van der Waals surface area (Å²) in [6, 6.07) is 8.90. The van der Waals surface area contributed by atoms with E-state index in [2.05, 4.69) is 32.2 Å². The van der Waals surface area contributed by atoms with E-state index in [1.807, 2.05) is 33.0 Å². The fraction of sp³-hybridized carbons (Fsp3) is 0.650. The largest absolute Gasteiger partial charge is 0.491 e. The van der Waals surface area contributed by atoms with Crippen LogP contribution in [0.25, 0.3) is 0 Å². The van der Waals surface area contributed by atoms with Crippen LogP contribution in [0.2, 0.25) is 0 Å². The smallest absolute Gasteiger partial charge is 0.193 e. The van der Waals surface area contributed by atoms with E-state index in [0.717, 1.165) is 57.6 Å². The zero-order valence-electron chi connectivity index (χ0n) is 16.7. The van der Waals surface area contributed by atoms with Gasteiger partial charge in [-0.15, -0.1) is 24.0 Å². The predicted molar refractivity (Wildman–Crippen MR) is 120 cm³/mol. The summed E-state index contributed by atoms with van der Waals surface area (Å²) in [5.74, 6) is 1.91. The SMILES string of the molecule is CN=C(NCc1ccc(OC(C)C)cc1)N1CCC(N2CCOCC2)C1.I. The number of nitrogens with one attached hydrogen (secondary N) is 1. The van der Waals surface area contributed by atoms with Crippen LogP contribution in [0.5, 0.6) is 5.75 Å². The number of aliphatic imine (C=N–C) groups is 1. The van der Waals surface area contributed by atoms with Crippen molar-refractivity contribution in [2.45, 2.75) is 39.0 Å². The topological polar surface area (TPSA) is 49.3 Å². The molecule has 0 bridgehead atoms. The number of benzene rings is 1. The third-order valence-corrected chi connectivity index (χ3v) is 4.98. The van der Waals surface area contributed by atoms with Crippen molar-refractivity contribution in [3.63, 3.8) is 0 Å². The molecule has 0 spiro atoms. The number of guanidine groups is 1. The maximum atomic E-state index is 5.70. The zero-order chi connectivity index (χ0) is 18.4. The molecule has 7 heteroatoms. The highest BCUT2D eigenvalue weighted by Gasteiger charge is 2.30. The summed E-state index contributed by atoms with van der Waals surface area (Å²) in [4.78, 5) is 9.42. The van der Waals surface area contributed by atoms with Crippen LogP contribution in [0.3, 0.4) is 0 Å². The second-order valence-corrected chi connectivity index (χ2v) is 7.25. The van der Waals surface area contributed by atoms with Crippen LogP contribution in [-0.4, -0.2) is 74.3 Å². The summed E-state index contributed by atoms with van der Waals surface area (Å²) in [6.45, 7) is 10.8. The predicted octanol–water partition coefficient (Wildman–Crippen LogP) is 2.57. The van der Waals surface area contributed by atoms with Gasteiger partial charge in [0.1, 0.15) is 5.75 Å². The number of hydrogen-bond acceptors (Lipinski definition) is 4. The zero-order valence-corrected chi connectivity index (χ0v) is 19.0. The van der Waals surface area contributed by atoms with Crippen LogP contribution in [0.1, 0.15) is 25.8 Å². The summed E-state index contributed by atoms with van der Waals surface area (Å²) < 4.78 is 11.2. The van der Waals surface area contributed by atoms with Crippen LogP contribution >= 0.6 is 24.0 Å². The van der Waals surface area contributed by atoms with Gasteiger partial charge in [0.15, 0.2) is 5.96 Å². The Morgan fingerprint density at radius 2 is 1.93 bits per heavy atom. The molecule has 0 radical (unpaired) electrons. The number of rotatable bonds is 5. The van der Waals surface area contributed by atoms with E-state index in [1.54, 1.807) is 0 Å². The van der Waals surface area contributed by atoms with Gasteiger partial charge in [-0.25, -0.2) is 0 Å². The Hall–Kier alpha value is -1.06. The lowest BCUT2D eigenvalue weighted by Crippen LogP contribution is -2.46. The first kappa shape index (κ1) is 22.2. The monoisotopic (exact) mass is 488 g/mol. The van der Waals surface area contributed by atoms with Crippen molar-refractivity contribution in [2.75, 3.05) is 46.4 Å². The summed E-state index contributed by atoms with van der Waals surface area (Å²) in [6.07, 6.45) is 1.40. The van der Waals surface area contributed by atoms with E-state index in [1.165, 1.54) is 12.0 Å². The molecule has 27 heavy (non-hydrogen) atoms. The third kappa shape index (κ3) is 6.50. The number of hydrogen-bond donors (Lipinski definition) is 1. The Labute approximate surface area is 180 Å². The first-order valence-corrected chi connectivity index (χ1v) is 9.68. The molecule has 2 heterocycles. The van der Waals surface area contributed by atoms with E-state index in [-0.39, 0.29) is 30.1 Å². The highest BCUT2D eigenvalue weighted by Crippen LogP contribution is 2.18. The lowest BCUT2D eigenvalue weighted by Gasteiger charge is -2.32. The molecule has 2 fully saturated rings. The van der Waals surface area contributed by atoms with Gasteiger partial charge in [-0.05, 0) is 38.0 Å². The van der Waals surface area contributed by atoms with Gasteiger partial charge >= 0.3 is 0 Å². The maximum Gasteiger partial charge on any atom is 0.193 e. The Kier molecular flexibility index (Phi) is 9.11. The lowest BCUT2D eigenvalue weighted by molar-refractivity contribution is 0.0195. The van der Waals surface area contributed by atoms with Gasteiger partial charge in [0.05, 0.1) is 19.3 Å². The molecule has 2 aliphatic rings. The van der Waals surface area contributed by atoms with Gasteiger partial charge in [0.25, 0.3) is 0 Å². The van der Waals surface area contributed by atoms with Crippen molar-refractivity contribution < 1.29 is 9.47 Å². The number of ether oxygens (including phenoxy) is 2. The van der Waals surface area contributed by atoms with Crippen molar-refractivity contribution in [1.82, 2.24) is 15.1 Å². The molecule has 1 aromatic carbocycles. The Morgan fingerprint density at radius 3 is 2.56 bits per heavy atom. The second kappa shape index (κ2) is 11.1. The molecule has 152 valence electrons. The number of halogens is 1. The first-order chi connectivity index (χ1) is 12.7. The minimum atomic E-state index is 0. The van der Waals surface area contributed by atoms with Gasteiger partial charge in [0.2, 0.25) is 0 Å². The van der Waals surface area contributed by atoms with Crippen LogP contribution < -0.4 is 10.1 Å². The van der Waals surface area contributed by atoms with Gasteiger partial charge < -0.3 is 19.7 Å². The van der Waals surface area contributed by atoms with E-state index in [4.69, 9.17) is 9.47 Å². The quantitative estimate of drug-likeness (QED) is 0.393. The van der Waals surface area contributed by atoms with E-state index in [9.17, 15) is 0 Å². The number of morpholine rings is 1. The molecule has 1 aromatic rings. The normalized spacial score (nSPS) is 21.3. The van der Waals surface area contributed by atoms with Gasteiger partial charge in [-0.1, -0.05) is 12.1 Å². The number of likely N-dealkylation sites (tertiary alicyclic amines) is 1. The van der Waals surface area contributed by atoms with Crippen LogP contribution in [-0.2, 0) is 11.3 Å². The molecular formula is C20H33IN4O2.